The van der Waals surface area contributed by atoms with E-state index in [1.165, 1.54) is 19.1 Å². The summed E-state index contributed by atoms with van der Waals surface area (Å²) in [5.74, 6) is -1.17. The number of nitrogens with zero attached hydrogens (tertiary/aromatic N) is 1. The standard InChI is InChI=1S/C16H16F3NO3/c1-3-15(2,12(21)8-16(17,18)19)9-20-13(22)10-6-4-5-7-11(10)14(20)23/h3-7,12,21H,1,8-9H2,2H3/t12-,15-/m1/s1. The van der Waals surface area contributed by atoms with Gasteiger partial charge < -0.3 is 5.11 Å². The van der Waals surface area contributed by atoms with Crippen LogP contribution in [0, 0.1) is 5.41 Å². The number of fused-ring (bicyclic) bond motifs is 1. The van der Waals surface area contributed by atoms with E-state index < -0.39 is 35.9 Å². The van der Waals surface area contributed by atoms with Gasteiger partial charge in [0.05, 0.1) is 23.7 Å². The molecular weight excluding hydrogens is 311 g/mol. The second-order valence-electron chi connectivity index (χ2n) is 5.79. The second kappa shape index (κ2) is 5.81. The van der Waals surface area contributed by atoms with Crippen LogP contribution >= 0.6 is 0 Å². The highest BCUT2D eigenvalue weighted by atomic mass is 19.4. The lowest BCUT2D eigenvalue weighted by Crippen LogP contribution is -2.46. The van der Waals surface area contributed by atoms with Gasteiger partial charge in [-0.15, -0.1) is 6.58 Å². The average molecular weight is 327 g/mol. The maximum absolute atomic E-state index is 12.5. The molecule has 0 saturated carbocycles. The monoisotopic (exact) mass is 327 g/mol. The Morgan fingerprint density at radius 1 is 1.22 bits per heavy atom. The number of alkyl halides is 3. The van der Waals surface area contributed by atoms with Crippen LogP contribution in [-0.2, 0) is 0 Å². The quantitative estimate of drug-likeness (QED) is 0.668. The number of aliphatic hydroxyl groups is 1. The van der Waals surface area contributed by atoms with Crippen LogP contribution in [-0.4, -0.2) is 40.6 Å². The Bertz CT molecular complexity index is 621. The normalized spacial score (nSPS) is 18.6. The van der Waals surface area contributed by atoms with Crippen molar-refractivity contribution in [3.05, 3.63) is 48.0 Å². The molecule has 0 radical (unpaired) electrons. The molecule has 0 bridgehead atoms. The Labute approximate surface area is 131 Å². The van der Waals surface area contributed by atoms with Crippen molar-refractivity contribution in [3.63, 3.8) is 0 Å². The topological polar surface area (TPSA) is 57.6 Å². The molecule has 7 heteroatoms. The summed E-state index contributed by atoms with van der Waals surface area (Å²) in [5, 5.41) is 9.91. The highest BCUT2D eigenvalue weighted by Gasteiger charge is 2.44. The van der Waals surface area contributed by atoms with Crippen molar-refractivity contribution < 1.29 is 27.9 Å². The highest BCUT2D eigenvalue weighted by Crippen LogP contribution is 2.35. The lowest BCUT2D eigenvalue weighted by molar-refractivity contribution is -0.164. The Morgan fingerprint density at radius 2 is 1.70 bits per heavy atom. The summed E-state index contributed by atoms with van der Waals surface area (Å²) >= 11 is 0. The Balaban J connectivity index is 2.25. The third-order valence-corrected chi connectivity index (χ3v) is 4.03. The van der Waals surface area contributed by atoms with Gasteiger partial charge >= 0.3 is 6.18 Å². The molecule has 1 aliphatic heterocycles. The van der Waals surface area contributed by atoms with Crippen LogP contribution in [0.3, 0.4) is 0 Å². The second-order valence-corrected chi connectivity index (χ2v) is 5.79. The molecule has 1 aliphatic rings. The minimum absolute atomic E-state index is 0.203. The fourth-order valence-electron chi connectivity index (χ4n) is 2.48. The SMILES string of the molecule is C=C[C@](C)(CN1C(=O)c2ccccc2C1=O)[C@H](O)CC(F)(F)F. The van der Waals surface area contributed by atoms with Crippen molar-refractivity contribution in [2.45, 2.75) is 25.6 Å². The summed E-state index contributed by atoms with van der Waals surface area (Å²) in [4.78, 5) is 25.4. The number of imide groups is 1. The molecule has 124 valence electrons. The van der Waals surface area contributed by atoms with Crippen LogP contribution in [0.5, 0.6) is 0 Å². The predicted molar refractivity (Wildman–Crippen MR) is 76.8 cm³/mol. The molecule has 0 spiro atoms. The smallest absolute Gasteiger partial charge is 0.391 e. The third-order valence-electron chi connectivity index (χ3n) is 4.03. The van der Waals surface area contributed by atoms with E-state index >= 15 is 0 Å². The van der Waals surface area contributed by atoms with Crippen LogP contribution in [0.15, 0.2) is 36.9 Å². The first kappa shape index (κ1) is 17.2. The summed E-state index contributed by atoms with van der Waals surface area (Å²) in [6.07, 6.45) is -6.68. The molecule has 1 N–H and O–H groups in total. The molecule has 23 heavy (non-hydrogen) atoms. The molecule has 2 rings (SSSR count). The molecule has 4 nitrogen and oxygen atoms in total. The summed E-state index contributed by atoms with van der Waals surface area (Å²) in [6, 6.07) is 6.15. The Kier molecular flexibility index (Phi) is 4.34. The molecule has 1 heterocycles. The maximum Gasteiger partial charge on any atom is 0.391 e. The lowest BCUT2D eigenvalue weighted by Gasteiger charge is -2.34. The zero-order valence-corrected chi connectivity index (χ0v) is 12.4. The van der Waals surface area contributed by atoms with E-state index in [2.05, 4.69) is 6.58 Å². The number of halogens is 3. The van der Waals surface area contributed by atoms with Crippen molar-refractivity contribution in [2.75, 3.05) is 6.54 Å². The Morgan fingerprint density at radius 3 is 2.09 bits per heavy atom. The van der Waals surface area contributed by atoms with Crippen LogP contribution in [0.2, 0.25) is 0 Å². The van der Waals surface area contributed by atoms with Gasteiger partial charge in [-0.2, -0.15) is 13.2 Å². The minimum atomic E-state index is -4.56. The summed E-state index contributed by atoms with van der Waals surface area (Å²) < 4.78 is 37.5. The largest absolute Gasteiger partial charge is 0.392 e. The van der Waals surface area contributed by atoms with E-state index in [0.29, 0.717) is 0 Å². The van der Waals surface area contributed by atoms with Crippen LogP contribution in [0.4, 0.5) is 13.2 Å². The van der Waals surface area contributed by atoms with E-state index in [1.54, 1.807) is 12.1 Å². The van der Waals surface area contributed by atoms with Gasteiger partial charge in [0.2, 0.25) is 0 Å². The first-order valence-corrected chi connectivity index (χ1v) is 6.93. The number of carbonyl (C=O) groups excluding carboxylic acids is 2. The number of rotatable bonds is 5. The highest BCUT2D eigenvalue weighted by molar-refractivity contribution is 6.21. The molecule has 2 amide bonds. The number of hydrogen-bond donors (Lipinski definition) is 1. The molecular formula is C16H16F3NO3. The number of amides is 2. The third kappa shape index (κ3) is 3.29. The van der Waals surface area contributed by atoms with Gasteiger partial charge in [0, 0.05) is 12.0 Å². The molecule has 0 fully saturated rings. The molecule has 1 aromatic carbocycles. The van der Waals surface area contributed by atoms with E-state index in [-0.39, 0.29) is 17.7 Å². The van der Waals surface area contributed by atoms with Gasteiger partial charge in [0.1, 0.15) is 0 Å². The van der Waals surface area contributed by atoms with E-state index in [1.807, 2.05) is 0 Å². The first-order valence-electron chi connectivity index (χ1n) is 6.93. The number of aliphatic hydroxyl groups excluding tert-OH is 1. The van der Waals surface area contributed by atoms with Crippen molar-refractivity contribution in [1.29, 1.82) is 0 Å². The molecule has 0 unspecified atom stereocenters. The van der Waals surface area contributed by atoms with Gasteiger partial charge in [-0.25, -0.2) is 0 Å². The van der Waals surface area contributed by atoms with Gasteiger partial charge in [0.25, 0.3) is 11.8 Å². The van der Waals surface area contributed by atoms with Crippen molar-refractivity contribution >= 4 is 11.8 Å². The van der Waals surface area contributed by atoms with Crippen molar-refractivity contribution in [1.82, 2.24) is 4.90 Å². The molecule has 2 atom stereocenters. The van der Waals surface area contributed by atoms with Gasteiger partial charge in [-0.1, -0.05) is 25.1 Å². The summed E-state index contributed by atoms with van der Waals surface area (Å²) in [5.41, 5.74) is -1.06. The molecule has 0 aromatic heterocycles. The lowest BCUT2D eigenvalue weighted by atomic mass is 9.82. The number of benzene rings is 1. The summed E-state index contributed by atoms with van der Waals surface area (Å²) in [6.45, 7) is 4.41. The molecule has 0 aliphatic carbocycles. The fraction of sp³-hybridized carbons (Fsp3) is 0.375. The van der Waals surface area contributed by atoms with Crippen molar-refractivity contribution in [3.8, 4) is 0 Å². The van der Waals surface area contributed by atoms with E-state index in [4.69, 9.17) is 0 Å². The molecule has 1 aromatic rings. The van der Waals surface area contributed by atoms with Crippen LogP contribution < -0.4 is 0 Å². The summed E-state index contributed by atoms with van der Waals surface area (Å²) in [7, 11) is 0. The average Bonchev–Trinajstić information content (AvgIpc) is 2.71. The zero-order valence-electron chi connectivity index (χ0n) is 12.4. The fourth-order valence-corrected chi connectivity index (χ4v) is 2.48. The zero-order chi connectivity index (χ0) is 17.4. The van der Waals surface area contributed by atoms with E-state index in [9.17, 15) is 27.9 Å². The predicted octanol–water partition coefficient (Wildman–Crippen LogP) is 2.79. The van der Waals surface area contributed by atoms with Crippen LogP contribution in [0.25, 0.3) is 0 Å². The molecule has 0 saturated heterocycles. The van der Waals surface area contributed by atoms with Gasteiger partial charge in [-0.05, 0) is 12.1 Å². The first-order chi connectivity index (χ1) is 10.6. The van der Waals surface area contributed by atoms with Crippen LogP contribution in [0.1, 0.15) is 34.1 Å². The minimum Gasteiger partial charge on any atom is -0.392 e. The maximum atomic E-state index is 12.5. The van der Waals surface area contributed by atoms with Gasteiger partial charge in [0.15, 0.2) is 0 Å². The van der Waals surface area contributed by atoms with Crippen molar-refractivity contribution in [2.24, 2.45) is 5.41 Å². The van der Waals surface area contributed by atoms with E-state index in [0.717, 1.165) is 11.0 Å². The number of hydrogen-bond acceptors (Lipinski definition) is 3. The van der Waals surface area contributed by atoms with Gasteiger partial charge in [-0.3, -0.25) is 14.5 Å². The Hall–Kier alpha value is -2.15. The number of carbonyl (C=O) groups is 2.